The van der Waals surface area contributed by atoms with Crippen molar-refractivity contribution >= 4 is 28.3 Å². The van der Waals surface area contributed by atoms with Gasteiger partial charge in [0.05, 0.1) is 12.2 Å². The van der Waals surface area contributed by atoms with Crippen LogP contribution in [0.15, 0.2) is 65.8 Å². The summed E-state index contributed by atoms with van der Waals surface area (Å²) in [5.41, 5.74) is 3.01. The standard InChI is InChI=1S/C23H25N5O/c1-2-24-23(27-15-21-18-8-4-3-7-16(18)11-12-25-21)26-14-17-13-22(29)28-20-10-6-5-9-19(17)20/h3-12,17H,2,13-15H2,1H3,(H,28,29)(H2,24,26,27). The SMILES string of the molecule is CCNC(=NCc1nccc2ccccc12)NCC1CC(=O)Nc2ccccc21. The van der Waals surface area contributed by atoms with E-state index in [0.717, 1.165) is 40.2 Å². The molecule has 1 aliphatic rings. The summed E-state index contributed by atoms with van der Waals surface area (Å²) in [5.74, 6) is 0.891. The Kier molecular flexibility index (Phi) is 5.70. The van der Waals surface area contributed by atoms with Gasteiger partial charge < -0.3 is 16.0 Å². The molecule has 2 aromatic carbocycles. The van der Waals surface area contributed by atoms with Gasteiger partial charge in [0.2, 0.25) is 5.91 Å². The van der Waals surface area contributed by atoms with Crippen LogP contribution in [-0.2, 0) is 11.3 Å². The number of anilines is 1. The van der Waals surface area contributed by atoms with Crippen LogP contribution in [0.25, 0.3) is 10.8 Å². The van der Waals surface area contributed by atoms with E-state index in [1.54, 1.807) is 0 Å². The van der Waals surface area contributed by atoms with Crippen LogP contribution < -0.4 is 16.0 Å². The highest BCUT2D eigenvalue weighted by atomic mass is 16.1. The summed E-state index contributed by atoms with van der Waals surface area (Å²) in [6, 6.07) is 18.2. The van der Waals surface area contributed by atoms with E-state index in [9.17, 15) is 4.79 Å². The molecule has 0 spiro atoms. The van der Waals surface area contributed by atoms with Crippen molar-refractivity contribution in [3.05, 3.63) is 72.1 Å². The second-order valence-corrected chi connectivity index (χ2v) is 7.09. The highest BCUT2D eigenvalue weighted by Gasteiger charge is 2.24. The van der Waals surface area contributed by atoms with Gasteiger partial charge in [0, 0.05) is 42.7 Å². The molecule has 0 saturated carbocycles. The third-order valence-electron chi connectivity index (χ3n) is 5.11. The maximum Gasteiger partial charge on any atom is 0.225 e. The van der Waals surface area contributed by atoms with Crippen LogP contribution in [-0.4, -0.2) is 29.9 Å². The van der Waals surface area contributed by atoms with Gasteiger partial charge in [-0.25, -0.2) is 4.99 Å². The fourth-order valence-electron chi connectivity index (χ4n) is 3.71. The molecule has 1 atom stereocenters. The van der Waals surface area contributed by atoms with E-state index in [0.29, 0.717) is 19.5 Å². The lowest BCUT2D eigenvalue weighted by atomic mass is 9.90. The quantitative estimate of drug-likeness (QED) is 0.463. The molecule has 0 bridgehead atoms. The Hall–Kier alpha value is -3.41. The summed E-state index contributed by atoms with van der Waals surface area (Å²) in [5, 5.41) is 11.9. The first kappa shape index (κ1) is 18.9. The lowest BCUT2D eigenvalue weighted by Crippen LogP contribution is -2.40. The first-order valence-corrected chi connectivity index (χ1v) is 9.98. The highest BCUT2D eigenvalue weighted by molar-refractivity contribution is 5.94. The van der Waals surface area contributed by atoms with Crippen LogP contribution in [0.4, 0.5) is 5.69 Å². The van der Waals surface area contributed by atoms with E-state index in [2.05, 4.69) is 39.1 Å². The van der Waals surface area contributed by atoms with Gasteiger partial charge in [0.1, 0.15) is 0 Å². The molecule has 6 heteroatoms. The van der Waals surface area contributed by atoms with E-state index in [4.69, 9.17) is 4.99 Å². The van der Waals surface area contributed by atoms with Crippen molar-refractivity contribution in [2.24, 2.45) is 4.99 Å². The number of carbonyl (C=O) groups is 1. The third-order valence-corrected chi connectivity index (χ3v) is 5.11. The molecule has 3 N–H and O–H groups in total. The zero-order valence-electron chi connectivity index (χ0n) is 16.5. The number of fused-ring (bicyclic) bond motifs is 2. The molecule has 3 aromatic rings. The number of hydrogen-bond donors (Lipinski definition) is 3. The number of hydrogen-bond acceptors (Lipinski definition) is 3. The number of aliphatic imine (C=N–C) groups is 1. The molecule has 0 fully saturated rings. The Balaban J connectivity index is 1.49. The number of nitrogens with zero attached hydrogens (tertiary/aromatic N) is 2. The number of carbonyl (C=O) groups excluding carboxylic acids is 1. The van der Waals surface area contributed by atoms with E-state index >= 15 is 0 Å². The molecule has 0 aliphatic carbocycles. The molecule has 148 valence electrons. The second kappa shape index (κ2) is 8.73. The first-order valence-electron chi connectivity index (χ1n) is 9.98. The van der Waals surface area contributed by atoms with Crippen LogP contribution in [0.1, 0.15) is 30.5 Å². The van der Waals surface area contributed by atoms with E-state index in [1.165, 1.54) is 0 Å². The van der Waals surface area contributed by atoms with E-state index < -0.39 is 0 Å². The van der Waals surface area contributed by atoms with Crippen molar-refractivity contribution in [2.45, 2.75) is 25.8 Å². The van der Waals surface area contributed by atoms with Crippen molar-refractivity contribution in [1.82, 2.24) is 15.6 Å². The molecule has 0 radical (unpaired) electrons. The smallest absolute Gasteiger partial charge is 0.225 e. The Morgan fingerprint density at radius 1 is 1.14 bits per heavy atom. The maximum atomic E-state index is 12.0. The lowest BCUT2D eigenvalue weighted by molar-refractivity contribution is -0.116. The van der Waals surface area contributed by atoms with Crippen LogP contribution in [0.2, 0.25) is 0 Å². The van der Waals surface area contributed by atoms with E-state index in [-0.39, 0.29) is 11.8 Å². The number of amides is 1. The molecule has 1 aliphatic heterocycles. The number of guanidine groups is 1. The van der Waals surface area contributed by atoms with Crippen molar-refractivity contribution in [1.29, 1.82) is 0 Å². The number of pyridine rings is 1. The topological polar surface area (TPSA) is 78.4 Å². The average Bonchev–Trinajstić information content (AvgIpc) is 2.75. The molecule has 1 aromatic heterocycles. The molecule has 29 heavy (non-hydrogen) atoms. The third kappa shape index (κ3) is 4.37. The zero-order chi connectivity index (χ0) is 20.1. The van der Waals surface area contributed by atoms with Gasteiger partial charge in [-0.3, -0.25) is 9.78 Å². The molecule has 2 heterocycles. The lowest BCUT2D eigenvalue weighted by Gasteiger charge is -2.26. The van der Waals surface area contributed by atoms with Gasteiger partial charge in [-0.05, 0) is 30.0 Å². The minimum Gasteiger partial charge on any atom is -0.357 e. The summed E-state index contributed by atoms with van der Waals surface area (Å²) in [4.78, 5) is 21.3. The van der Waals surface area contributed by atoms with E-state index in [1.807, 2.05) is 49.5 Å². The summed E-state index contributed by atoms with van der Waals surface area (Å²) < 4.78 is 0. The van der Waals surface area contributed by atoms with Gasteiger partial charge in [0.25, 0.3) is 0 Å². The average molecular weight is 387 g/mol. The molecular formula is C23H25N5O. The fraction of sp³-hybridized carbons (Fsp3) is 0.261. The number of nitrogens with one attached hydrogen (secondary N) is 3. The van der Waals surface area contributed by atoms with Crippen LogP contribution in [0, 0.1) is 0 Å². The Morgan fingerprint density at radius 2 is 1.97 bits per heavy atom. The summed E-state index contributed by atoms with van der Waals surface area (Å²) in [6.07, 6.45) is 2.29. The Bertz CT molecular complexity index is 1040. The minimum absolute atomic E-state index is 0.0531. The molecular weight excluding hydrogens is 362 g/mol. The van der Waals surface area contributed by atoms with Crippen LogP contribution in [0.3, 0.4) is 0 Å². The Morgan fingerprint density at radius 3 is 2.86 bits per heavy atom. The predicted octanol–water partition coefficient (Wildman–Crippen LogP) is 3.42. The fourth-order valence-corrected chi connectivity index (χ4v) is 3.71. The first-order chi connectivity index (χ1) is 14.2. The molecule has 1 unspecified atom stereocenters. The van der Waals surface area contributed by atoms with Gasteiger partial charge in [-0.1, -0.05) is 42.5 Å². The second-order valence-electron chi connectivity index (χ2n) is 7.09. The minimum atomic E-state index is 0.0531. The normalized spacial score (nSPS) is 16.2. The largest absolute Gasteiger partial charge is 0.357 e. The van der Waals surface area contributed by atoms with Crippen molar-refractivity contribution in [3.63, 3.8) is 0 Å². The van der Waals surface area contributed by atoms with Gasteiger partial charge in [-0.2, -0.15) is 0 Å². The molecule has 4 rings (SSSR count). The molecule has 1 amide bonds. The van der Waals surface area contributed by atoms with Gasteiger partial charge in [-0.15, -0.1) is 0 Å². The van der Waals surface area contributed by atoms with Crippen molar-refractivity contribution in [2.75, 3.05) is 18.4 Å². The maximum absolute atomic E-state index is 12.0. The predicted molar refractivity (Wildman–Crippen MR) is 117 cm³/mol. The monoisotopic (exact) mass is 387 g/mol. The summed E-state index contributed by atoms with van der Waals surface area (Å²) in [6.45, 7) is 3.92. The Labute approximate surface area is 170 Å². The van der Waals surface area contributed by atoms with Crippen molar-refractivity contribution in [3.8, 4) is 0 Å². The number of rotatable bonds is 5. The zero-order valence-corrected chi connectivity index (χ0v) is 16.5. The summed E-state index contributed by atoms with van der Waals surface area (Å²) in [7, 11) is 0. The van der Waals surface area contributed by atoms with Crippen LogP contribution in [0.5, 0.6) is 0 Å². The number of para-hydroxylation sites is 1. The van der Waals surface area contributed by atoms with Gasteiger partial charge >= 0.3 is 0 Å². The number of aromatic nitrogens is 1. The van der Waals surface area contributed by atoms with Crippen molar-refractivity contribution < 1.29 is 4.79 Å². The molecule has 6 nitrogen and oxygen atoms in total. The number of benzene rings is 2. The molecule has 0 saturated heterocycles. The van der Waals surface area contributed by atoms with Gasteiger partial charge in [0.15, 0.2) is 5.96 Å². The highest BCUT2D eigenvalue weighted by Crippen LogP contribution is 2.31. The summed E-state index contributed by atoms with van der Waals surface area (Å²) >= 11 is 0. The van der Waals surface area contributed by atoms with Crippen LogP contribution >= 0.6 is 0 Å².